The summed E-state index contributed by atoms with van der Waals surface area (Å²) in [7, 11) is 0. The van der Waals surface area contributed by atoms with E-state index in [9.17, 15) is 17.6 Å². The molecule has 1 saturated carbocycles. The number of benzene rings is 3. The van der Waals surface area contributed by atoms with Crippen LogP contribution in [0.25, 0.3) is 11.1 Å². The quantitative estimate of drug-likeness (QED) is 0.282. The molecule has 37 heavy (non-hydrogen) atoms. The Morgan fingerprint density at radius 3 is 2.24 bits per heavy atom. The number of aryl methyl sites for hydroxylation is 1. The Morgan fingerprint density at radius 1 is 0.892 bits per heavy atom. The summed E-state index contributed by atoms with van der Waals surface area (Å²) in [4.78, 5) is 0. The normalized spacial score (nSPS) is 18.2. The lowest BCUT2D eigenvalue weighted by Gasteiger charge is -2.29. The molecular formula is C30H30F6O. The Hall–Kier alpha value is -2.96. The highest BCUT2D eigenvalue weighted by molar-refractivity contribution is 5.71. The van der Waals surface area contributed by atoms with Gasteiger partial charge in [-0.1, -0.05) is 50.5 Å². The van der Waals surface area contributed by atoms with E-state index in [1.807, 2.05) is 0 Å². The summed E-state index contributed by atoms with van der Waals surface area (Å²) in [6.45, 7) is 3.68. The molecular weight excluding hydrogens is 490 g/mol. The Bertz CT molecular complexity index is 1240. The number of para-hydroxylation sites is 1. The van der Waals surface area contributed by atoms with E-state index in [0.29, 0.717) is 24.8 Å². The molecule has 0 radical (unpaired) electrons. The molecule has 4 rings (SSSR count). The van der Waals surface area contributed by atoms with E-state index in [4.69, 9.17) is 4.74 Å². The molecule has 0 aromatic heterocycles. The van der Waals surface area contributed by atoms with Crippen molar-refractivity contribution in [2.24, 2.45) is 5.92 Å². The zero-order valence-corrected chi connectivity index (χ0v) is 20.9. The third kappa shape index (κ3) is 5.97. The van der Waals surface area contributed by atoms with Crippen LogP contribution in [0.3, 0.4) is 0 Å². The number of hydrogen-bond acceptors (Lipinski definition) is 1. The summed E-state index contributed by atoms with van der Waals surface area (Å²) in [6, 6.07) is 10.2. The second-order valence-electron chi connectivity index (χ2n) is 9.88. The first-order valence-corrected chi connectivity index (χ1v) is 12.7. The van der Waals surface area contributed by atoms with E-state index in [0.717, 1.165) is 44.2 Å². The maximum Gasteiger partial charge on any atom is 0.419 e. The Kier molecular flexibility index (Phi) is 8.20. The van der Waals surface area contributed by atoms with Gasteiger partial charge in [0.1, 0.15) is 17.4 Å². The van der Waals surface area contributed by atoms with E-state index in [-0.39, 0.29) is 39.7 Å². The lowest BCUT2D eigenvalue weighted by molar-refractivity contribution is -0.139. The Labute approximate surface area is 213 Å². The van der Waals surface area contributed by atoms with Crippen molar-refractivity contribution < 1.29 is 31.1 Å². The van der Waals surface area contributed by atoms with E-state index in [1.165, 1.54) is 19.1 Å². The van der Waals surface area contributed by atoms with Gasteiger partial charge in [-0.15, -0.1) is 0 Å². The molecule has 1 aliphatic carbocycles. The van der Waals surface area contributed by atoms with Gasteiger partial charge in [-0.2, -0.15) is 13.2 Å². The van der Waals surface area contributed by atoms with Crippen LogP contribution >= 0.6 is 0 Å². The van der Waals surface area contributed by atoms with Gasteiger partial charge in [-0.25, -0.2) is 13.2 Å². The van der Waals surface area contributed by atoms with Gasteiger partial charge in [-0.05, 0) is 79.8 Å². The SMILES string of the molecule is CCCCC1CCC(c2c(F)cc(C)c(Oc3ccccc3-c3ccc(C(F)(F)F)c(F)c3)c2F)CC1. The summed E-state index contributed by atoms with van der Waals surface area (Å²) < 4.78 is 90.0. The van der Waals surface area contributed by atoms with Crippen LogP contribution in [0.1, 0.15) is 74.5 Å². The minimum Gasteiger partial charge on any atom is -0.453 e. The average Bonchev–Trinajstić information content (AvgIpc) is 2.85. The molecule has 3 aromatic rings. The largest absolute Gasteiger partial charge is 0.453 e. The van der Waals surface area contributed by atoms with Crippen LogP contribution in [0.4, 0.5) is 26.3 Å². The molecule has 7 heteroatoms. The van der Waals surface area contributed by atoms with Crippen molar-refractivity contribution in [1.29, 1.82) is 0 Å². The van der Waals surface area contributed by atoms with Gasteiger partial charge in [0.15, 0.2) is 11.6 Å². The number of hydrogen-bond donors (Lipinski definition) is 0. The molecule has 0 heterocycles. The molecule has 0 aliphatic heterocycles. The molecule has 0 spiro atoms. The van der Waals surface area contributed by atoms with Crippen molar-refractivity contribution in [3.63, 3.8) is 0 Å². The summed E-state index contributed by atoms with van der Waals surface area (Å²) >= 11 is 0. The fourth-order valence-corrected chi connectivity index (χ4v) is 5.28. The Morgan fingerprint density at radius 2 is 1.59 bits per heavy atom. The van der Waals surface area contributed by atoms with E-state index < -0.39 is 29.2 Å². The zero-order valence-electron chi connectivity index (χ0n) is 20.9. The highest BCUT2D eigenvalue weighted by Gasteiger charge is 2.34. The maximum atomic E-state index is 15.8. The van der Waals surface area contributed by atoms with Gasteiger partial charge >= 0.3 is 6.18 Å². The smallest absolute Gasteiger partial charge is 0.419 e. The lowest BCUT2D eigenvalue weighted by Crippen LogP contribution is -2.16. The standard InChI is InChI=1S/C30H30F6O/c1-3-4-7-19-10-12-20(13-11-19)27-25(32)16-18(2)29(28(27)33)37-26-9-6-5-8-22(26)21-14-15-23(24(31)17-21)30(34,35)36/h5-6,8-9,14-17,19-20H,3-4,7,10-13H2,1-2H3. The molecule has 0 amide bonds. The second-order valence-corrected chi connectivity index (χ2v) is 9.88. The minimum absolute atomic E-state index is 0.0209. The third-order valence-corrected chi connectivity index (χ3v) is 7.30. The average molecular weight is 521 g/mol. The van der Waals surface area contributed by atoms with E-state index in [2.05, 4.69) is 6.92 Å². The second kappa shape index (κ2) is 11.2. The first kappa shape index (κ1) is 27.1. The fourth-order valence-electron chi connectivity index (χ4n) is 5.28. The molecule has 0 bridgehead atoms. The lowest BCUT2D eigenvalue weighted by atomic mass is 9.76. The van der Waals surface area contributed by atoms with Crippen molar-refractivity contribution in [1.82, 2.24) is 0 Å². The zero-order chi connectivity index (χ0) is 26.7. The van der Waals surface area contributed by atoms with Crippen molar-refractivity contribution in [2.45, 2.75) is 70.9 Å². The van der Waals surface area contributed by atoms with Crippen molar-refractivity contribution >= 4 is 0 Å². The van der Waals surface area contributed by atoms with Gasteiger partial charge in [0.05, 0.1) is 5.56 Å². The first-order chi connectivity index (χ1) is 17.6. The fraction of sp³-hybridized carbons (Fsp3) is 0.400. The number of rotatable bonds is 7. The van der Waals surface area contributed by atoms with Crippen molar-refractivity contribution in [3.05, 3.63) is 82.7 Å². The number of ether oxygens (including phenoxy) is 1. The van der Waals surface area contributed by atoms with E-state index >= 15 is 8.78 Å². The number of unbranched alkanes of at least 4 members (excludes halogenated alkanes) is 1. The highest BCUT2D eigenvalue weighted by atomic mass is 19.4. The molecule has 0 N–H and O–H groups in total. The molecule has 3 aromatic carbocycles. The van der Waals surface area contributed by atoms with Gasteiger partial charge in [0.2, 0.25) is 0 Å². The van der Waals surface area contributed by atoms with Crippen LogP contribution in [0, 0.1) is 30.3 Å². The van der Waals surface area contributed by atoms with Crippen molar-refractivity contribution in [2.75, 3.05) is 0 Å². The van der Waals surface area contributed by atoms with Gasteiger partial charge in [0, 0.05) is 11.1 Å². The van der Waals surface area contributed by atoms with Gasteiger partial charge < -0.3 is 4.74 Å². The molecule has 0 atom stereocenters. The van der Waals surface area contributed by atoms with Crippen molar-refractivity contribution in [3.8, 4) is 22.6 Å². The molecule has 1 fully saturated rings. The number of halogens is 6. The minimum atomic E-state index is -4.82. The van der Waals surface area contributed by atoms with Crippen LogP contribution in [-0.2, 0) is 6.18 Å². The molecule has 0 saturated heterocycles. The molecule has 198 valence electrons. The highest BCUT2D eigenvalue weighted by Crippen LogP contribution is 2.44. The van der Waals surface area contributed by atoms with Crippen LogP contribution < -0.4 is 4.74 Å². The summed E-state index contributed by atoms with van der Waals surface area (Å²) in [5.74, 6) is -2.45. The van der Waals surface area contributed by atoms with Crippen LogP contribution in [-0.4, -0.2) is 0 Å². The third-order valence-electron chi connectivity index (χ3n) is 7.30. The Balaban J connectivity index is 1.64. The molecule has 1 nitrogen and oxygen atoms in total. The van der Waals surface area contributed by atoms with Crippen LogP contribution in [0.15, 0.2) is 48.5 Å². The van der Waals surface area contributed by atoms with Gasteiger partial charge in [0.25, 0.3) is 0 Å². The van der Waals surface area contributed by atoms with Crippen LogP contribution in [0.2, 0.25) is 0 Å². The first-order valence-electron chi connectivity index (χ1n) is 12.7. The monoisotopic (exact) mass is 520 g/mol. The number of alkyl halides is 3. The predicted octanol–water partition coefficient (Wildman–Crippen LogP) is 10.4. The summed E-state index contributed by atoms with van der Waals surface area (Å²) in [6.07, 6.45) is 1.85. The van der Waals surface area contributed by atoms with Crippen LogP contribution in [0.5, 0.6) is 11.5 Å². The van der Waals surface area contributed by atoms with Gasteiger partial charge in [-0.3, -0.25) is 0 Å². The maximum absolute atomic E-state index is 15.8. The summed E-state index contributed by atoms with van der Waals surface area (Å²) in [5, 5.41) is 0. The topological polar surface area (TPSA) is 9.23 Å². The molecule has 1 aliphatic rings. The van der Waals surface area contributed by atoms with E-state index in [1.54, 1.807) is 18.2 Å². The summed E-state index contributed by atoms with van der Waals surface area (Å²) in [5.41, 5.74) is -0.663. The predicted molar refractivity (Wildman–Crippen MR) is 132 cm³/mol. The molecule has 0 unspecified atom stereocenters.